The highest BCUT2D eigenvalue weighted by Gasteiger charge is 1.95. The highest BCUT2D eigenvalue weighted by molar-refractivity contribution is 5.73. The molecule has 0 atom stereocenters. The fourth-order valence-electron chi connectivity index (χ4n) is 2.41. The van der Waals surface area contributed by atoms with E-state index in [2.05, 4.69) is 31.2 Å². The number of aryl methyl sites for hydroxylation is 1. The van der Waals surface area contributed by atoms with Crippen molar-refractivity contribution in [3.05, 3.63) is 41.5 Å². The van der Waals surface area contributed by atoms with E-state index in [1.54, 1.807) is 0 Å². The fourth-order valence-corrected chi connectivity index (χ4v) is 2.41. The molecule has 1 aromatic rings. The quantitative estimate of drug-likeness (QED) is 0.292. The highest BCUT2D eigenvalue weighted by Crippen LogP contribution is 2.12. The molecule has 0 unspecified atom stereocenters. The highest BCUT2D eigenvalue weighted by atomic mass is 16.1. The molecule has 0 fully saturated rings. The van der Waals surface area contributed by atoms with E-state index >= 15 is 0 Å². The van der Waals surface area contributed by atoms with Crippen LogP contribution >= 0.6 is 0 Å². The maximum atomic E-state index is 10.2. The first-order valence-electron chi connectivity index (χ1n) is 8.07. The molecular formula is C19H28O. The Labute approximate surface area is 124 Å². The first-order chi connectivity index (χ1) is 9.86. The lowest BCUT2D eigenvalue weighted by Gasteiger charge is -2.03. The second kappa shape index (κ2) is 11.5. The molecule has 0 N–H and O–H groups in total. The van der Waals surface area contributed by atoms with Crippen molar-refractivity contribution in [2.75, 3.05) is 0 Å². The zero-order valence-corrected chi connectivity index (χ0v) is 12.8. The molecule has 0 saturated heterocycles. The summed E-state index contributed by atoms with van der Waals surface area (Å²) in [5, 5.41) is 0. The molecule has 0 heterocycles. The number of hydrogen-bond donors (Lipinski definition) is 0. The molecule has 0 aliphatic rings. The summed E-state index contributed by atoms with van der Waals surface area (Å²) in [4.78, 5) is 10.2. The van der Waals surface area contributed by atoms with E-state index in [4.69, 9.17) is 0 Å². The van der Waals surface area contributed by atoms with Crippen LogP contribution in [-0.4, -0.2) is 6.29 Å². The van der Waals surface area contributed by atoms with Crippen LogP contribution in [0.3, 0.4) is 0 Å². The van der Waals surface area contributed by atoms with Gasteiger partial charge >= 0.3 is 0 Å². The van der Waals surface area contributed by atoms with Gasteiger partial charge in [0.05, 0.1) is 0 Å². The Morgan fingerprint density at radius 3 is 2.05 bits per heavy atom. The van der Waals surface area contributed by atoms with Crippen LogP contribution in [0.2, 0.25) is 0 Å². The molecule has 1 heteroatoms. The molecule has 0 bridgehead atoms. The van der Waals surface area contributed by atoms with Crippen molar-refractivity contribution >= 4 is 12.4 Å². The summed E-state index contributed by atoms with van der Waals surface area (Å²) < 4.78 is 0. The number of carbonyl (C=O) groups excluding carboxylic acids is 1. The number of rotatable bonds is 11. The van der Waals surface area contributed by atoms with E-state index in [1.807, 2.05) is 6.08 Å². The summed E-state index contributed by atoms with van der Waals surface area (Å²) in [6, 6.07) is 8.51. The summed E-state index contributed by atoms with van der Waals surface area (Å²) >= 11 is 0. The molecule has 0 saturated carbocycles. The van der Waals surface area contributed by atoms with Gasteiger partial charge in [0.2, 0.25) is 0 Å². The molecule has 1 rings (SSSR count). The van der Waals surface area contributed by atoms with E-state index in [1.165, 1.54) is 69.4 Å². The largest absolute Gasteiger partial charge is 0.299 e. The number of hydrogen-bond acceptors (Lipinski definition) is 1. The molecule has 0 aromatic heterocycles. The number of allylic oxidation sites excluding steroid dienone is 1. The van der Waals surface area contributed by atoms with Gasteiger partial charge in [0.15, 0.2) is 0 Å². The molecule has 20 heavy (non-hydrogen) atoms. The smallest absolute Gasteiger partial charge is 0.142 e. The molecule has 1 nitrogen and oxygen atoms in total. The van der Waals surface area contributed by atoms with E-state index in [-0.39, 0.29) is 0 Å². The van der Waals surface area contributed by atoms with Crippen LogP contribution < -0.4 is 0 Å². The third-order valence-electron chi connectivity index (χ3n) is 3.67. The van der Waals surface area contributed by atoms with Crippen molar-refractivity contribution < 1.29 is 4.79 Å². The number of aldehydes is 1. The Morgan fingerprint density at radius 2 is 1.45 bits per heavy atom. The lowest BCUT2D eigenvalue weighted by molar-refractivity contribution is -0.104. The van der Waals surface area contributed by atoms with E-state index in [0.29, 0.717) is 0 Å². The summed E-state index contributed by atoms with van der Waals surface area (Å²) in [7, 11) is 0. The minimum absolute atomic E-state index is 0.814. The first kappa shape index (κ1) is 16.7. The molecular weight excluding hydrogens is 244 g/mol. The van der Waals surface area contributed by atoms with Crippen LogP contribution in [0.1, 0.15) is 69.4 Å². The molecule has 110 valence electrons. The molecule has 0 spiro atoms. The molecule has 0 amide bonds. The maximum absolute atomic E-state index is 10.2. The van der Waals surface area contributed by atoms with Crippen LogP contribution in [0.15, 0.2) is 30.3 Å². The van der Waals surface area contributed by atoms with Crippen LogP contribution in [0.5, 0.6) is 0 Å². The van der Waals surface area contributed by atoms with Gasteiger partial charge in [-0.15, -0.1) is 0 Å². The second-order valence-electron chi connectivity index (χ2n) is 5.46. The fraction of sp³-hybridized carbons (Fsp3) is 0.526. The van der Waals surface area contributed by atoms with Crippen molar-refractivity contribution in [2.24, 2.45) is 0 Å². The number of unbranched alkanes of at least 4 members (excludes halogenated alkanes) is 7. The monoisotopic (exact) mass is 272 g/mol. The molecule has 0 radical (unpaired) electrons. The molecule has 1 aromatic carbocycles. The third-order valence-corrected chi connectivity index (χ3v) is 3.67. The Kier molecular flexibility index (Phi) is 9.56. The summed E-state index contributed by atoms with van der Waals surface area (Å²) in [5.41, 5.74) is 2.50. The van der Waals surface area contributed by atoms with Crippen molar-refractivity contribution in [2.45, 2.75) is 64.7 Å². The van der Waals surface area contributed by atoms with Gasteiger partial charge in [-0.25, -0.2) is 0 Å². The Balaban J connectivity index is 2.10. The van der Waals surface area contributed by atoms with Crippen molar-refractivity contribution in [3.63, 3.8) is 0 Å². The van der Waals surface area contributed by atoms with Gasteiger partial charge < -0.3 is 0 Å². The van der Waals surface area contributed by atoms with Gasteiger partial charge in [-0.1, -0.05) is 82.2 Å². The van der Waals surface area contributed by atoms with E-state index in [0.717, 1.165) is 11.8 Å². The van der Waals surface area contributed by atoms with Crippen LogP contribution in [0.25, 0.3) is 6.08 Å². The number of benzene rings is 1. The predicted octanol–water partition coefficient (Wildman–Crippen LogP) is 5.58. The first-order valence-corrected chi connectivity index (χ1v) is 8.07. The van der Waals surface area contributed by atoms with Crippen LogP contribution in [-0.2, 0) is 11.2 Å². The minimum atomic E-state index is 0.814. The van der Waals surface area contributed by atoms with Gasteiger partial charge in [-0.3, -0.25) is 4.79 Å². The second-order valence-corrected chi connectivity index (χ2v) is 5.46. The Bertz CT molecular complexity index is 375. The zero-order valence-electron chi connectivity index (χ0n) is 12.8. The van der Waals surface area contributed by atoms with Crippen molar-refractivity contribution in [1.82, 2.24) is 0 Å². The standard InChI is InChI=1S/C19H28O/c1-2-3-4-5-6-7-8-9-11-18-13-15-19(16-14-18)12-10-17-20/h10,12-17H,2-9,11H2,1H3. The van der Waals surface area contributed by atoms with Gasteiger partial charge in [0.1, 0.15) is 6.29 Å². The Morgan fingerprint density at radius 1 is 0.850 bits per heavy atom. The summed E-state index contributed by atoms with van der Waals surface area (Å²) in [6.07, 6.45) is 16.3. The Hall–Kier alpha value is -1.37. The van der Waals surface area contributed by atoms with Crippen LogP contribution in [0, 0.1) is 0 Å². The predicted molar refractivity (Wildman–Crippen MR) is 87.9 cm³/mol. The van der Waals surface area contributed by atoms with Gasteiger partial charge in [-0.2, -0.15) is 0 Å². The topological polar surface area (TPSA) is 17.1 Å². The van der Waals surface area contributed by atoms with Gasteiger partial charge in [0.25, 0.3) is 0 Å². The van der Waals surface area contributed by atoms with Crippen LogP contribution in [0.4, 0.5) is 0 Å². The van der Waals surface area contributed by atoms with Gasteiger partial charge in [-0.05, 0) is 30.0 Å². The van der Waals surface area contributed by atoms with Gasteiger partial charge in [0, 0.05) is 0 Å². The molecule has 0 aliphatic heterocycles. The third kappa shape index (κ3) is 7.93. The van der Waals surface area contributed by atoms with Crippen molar-refractivity contribution in [3.8, 4) is 0 Å². The summed E-state index contributed by atoms with van der Waals surface area (Å²) in [5.74, 6) is 0. The number of carbonyl (C=O) groups is 1. The summed E-state index contributed by atoms with van der Waals surface area (Å²) in [6.45, 7) is 2.26. The maximum Gasteiger partial charge on any atom is 0.142 e. The minimum Gasteiger partial charge on any atom is -0.299 e. The van der Waals surface area contributed by atoms with E-state index in [9.17, 15) is 4.79 Å². The lowest BCUT2D eigenvalue weighted by Crippen LogP contribution is -1.87. The normalized spacial score (nSPS) is 11.1. The average molecular weight is 272 g/mol. The average Bonchev–Trinajstić information content (AvgIpc) is 2.49. The lowest BCUT2D eigenvalue weighted by atomic mass is 10.0. The SMILES string of the molecule is CCCCCCCCCCc1ccc(C=CC=O)cc1. The van der Waals surface area contributed by atoms with Crippen molar-refractivity contribution in [1.29, 1.82) is 0 Å². The molecule has 0 aliphatic carbocycles. The zero-order chi connectivity index (χ0) is 14.5. The van der Waals surface area contributed by atoms with E-state index < -0.39 is 0 Å².